The molecule has 0 fully saturated rings. The summed E-state index contributed by atoms with van der Waals surface area (Å²) in [6.45, 7) is 1.64. The van der Waals surface area contributed by atoms with Crippen molar-refractivity contribution in [1.82, 2.24) is 9.88 Å². The van der Waals surface area contributed by atoms with Crippen LogP contribution in [0.2, 0.25) is 0 Å². The maximum Gasteiger partial charge on any atom is 0.272 e. The highest BCUT2D eigenvalue weighted by molar-refractivity contribution is 5.92. The van der Waals surface area contributed by atoms with Crippen LogP contribution in [-0.2, 0) is 0 Å². The van der Waals surface area contributed by atoms with E-state index in [4.69, 9.17) is 10.4 Å². The minimum absolute atomic E-state index is 0.0987. The Kier molecular flexibility index (Phi) is 3.97. The quantitative estimate of drug-likeness (QED) is 0.798. The lowest BCUT2D eigenvalue weighted by atomic mass is 10.2. The molecular formula is C11H13N3O2. The molecule has 0 saturated carbocycles. The number of rotatable bonds is 3. The lowest BCUT2D eigenvalue weighted by Gasteiger charge is -2.22. The van der Waals surface area contributed by atoms with E-state index in [1.807, 2.05) is 6.07 Å². The normalized spacial score (nSPS) is 11.6. The third-order valence-corrected chi connectivity index (χ3v) is 2.36. The van der Waals surface area contributed by atoms with Crippen molar-refractivity contribution in [1.29, 1.82) is 5.26 Å². The number of nitrogens with zero attached hydrogens (tertiary/aromatic N) is 3. The Balaban J connectivity index is 2.85. The molecular weight excluding hydrogens is 206 g/mol. The van der Waals surface area contributed by atoms with E-state index in [2.05, 4.69) is 4.98 Å². The van der Waals surface area contributed by atoms with Gasteiger partial charge in [-0.25, -0.2) is 4.98 Å². The van der Waals surface area contributed by atoms with E-state index >= 15 is 0 Å². The lowest BCUT2D eigenvalue weighted by molar-refractivity contribution is 0.0676. The first kappa shape index (κ1) is 12.1. The predicted octanol–water partition coefficient (Wildman–Crippen LogP) is 0.406. The molecule has 1 rings (SSSR count). The number of pyridine rings is 1. The molecule has 1 atom stereocenters. The molecule has 0 saturated heterocycles. The fourth-order valence-corrected chi connectivity index (χ4v) is 1.09. The number of aromatic nitrogens is 1. The van der Waals surface area contributed by atoms with Gasteiger partial charge in [0.1, 0.15) is 11.8 Å². The van der Waals surface area contributed by atoms with Crippen LogP contribution < -0.4 is 0 Å². The minimum Gasteiger partial charge on any atom is -0.394 e. The number of amides is 1. The molecule has 1 amide bonds. The molecule has 1 aromatic rings. The second kappa shape index (κ2) is 5.24. The first-order valence-electron chi connectivity index (χ1n) is 4.84. The number of nitriles is 1. The molecule has 1 N–H and O–H groups in total. The third kappa shape index (κ3) is 2.55. The zero-order valence-electron chi connectivity index (χ0n) is 9.21. The molecule has 0 aliphatic carbocycles. The summed E-state index contributed by atoms with van der Waals surface area (Å²) in [5, 5.41) is 17.5. The Morgan fingerprint density at radius 2 is 2.38 bits per heavy atom. The SMILES string of the molecule is CC(CO)N(C)C(=O)c1ccc(C#N)cn1. The van der Waals surface area contributed by atoms with Gasteiger partial charge in [0.05, 0.1) is 18.2 Å². The van der Waals surface area contributed by atoms with Gasteiger partial charge < -0.3 is 10.0 Å². The first-order valence-corrected chi connectivity index (χ1v) is 4.84. The molecule has 0 aliphatic heterocycles. The van der Waals surface area contributed by atoms with Crippen molar-refractivity contribution in [2.75, 3.05) is 13.7 Å². The van der Waals surface area contributed by atoms with Crippen molar-refractivity contribution in [2.24, 2.45) is 0 Å². The second-order valence-electron chi connectivity index (χ2n) is 3.49. The summed E-state index contributed by atoms with van der Waals surface area (Å²) in [6, 6.07) is 4.71. The molecule has 0 spiro atoms. The van der Waals surface area contributed by atoms with Crippen LogP contribution >= 0.6 is 0 Å². The maximum absolute atomic E-state index is 11.8. The highest BCUT2D eigenvalue weighted by Crippen LogP contribution is 2.05. The monoisotopic (exact) mass is 219 g/mol. The van der Waals surface area contributed by atoms with Gasteiger partial charge in [-0.1, -0.05) is 0 Å². The van der Waals surface area contributed by atoms with E-state index in [0.29, 0.717) is 5.56 Å². The van der Waals surface area contributed by atoms with Crippen molar-refractivity contribution < 1.29 is 9.90 Å². The molecule has 1 unspecified atom stereocenters. The maximum atomic E-state index is 11.8. The predicted molar refractivity (Wildman–Crippen MR) is 57.6 cm³/mol. The molecule has 0 aromatic carbocycles. The summed E-state index contributed by atoms with van der Waals surface area (Å²) in [4.78, 5) is 17.1. The molecule has 0 aliphatic rings. The molecule has 5 nitrogen and oxygen atoms in total. The van der Waals surface area contributed by atoms with E-state index in [1.54, 1.807) is 14.0 Å². The minimum atomic E-state index is -0.272. The number of hydrogen-bond donors (Lipinski definition) is 1. The van der Waals surface area contributed by atoms with Gasteiger partial charge in [-0.05, 0) is 19.1 Å². The Bertz CT molecular complexity index is 408. The first-order chi connectivity index (χ1) is 7.60. The van der Waals surface area contributed by atoms with Gasteiger partial charge in [0.2, 0.25) is 0 Å². The fraction of sp³-hybridized carbons (Fsp3) is 0.364. The lowest BCUT2D eigenvalue weighted by Crippen LogP contribution is -2.37. The van der Waals surface area contributed by atoms with Crippen LogP contribution in [-0.4, -0.2) is 40.6 Å². The van der Waals surface area contributed by atoms with Gasteiger partial charge in [0.15, 0.2) is 0 Å². The van der Waals surface area contributed by atoms with Crippen LogP contribution in [0.3, 0.4) is 0 Å². The van der Waals surface area contributed by atoms with Crippen LogP contribution in [0.25, 0.3) is 0 Å². The van der Waals surface area contributed by atoms with Crippen LogP contribution in [0, 0.1) is 11.3 Å². The summed E-state index contributed by atoms with van der Waals surface area (Å²) in [6.07, 6.45) is 1.35. The standard InChI is InChI=1S/C11H13N3O2/c1-8(7-15)14(2)11(16)10-4-3-9(5-12)6-13-10/h3-4,6,8,15H,7H2,1-2H3. The van der Waals surface area contributed by atoms with E-state index in [9.17, 15) is 4.79 Å². The molecule has 5 heteroatoms. The largest absolute Gasteiger partial charge is 0.394 e. The summed E-state index contributed by atoms with van der Waals surface area (Å²) in [7, 11) is 1.60. The van der Waals surface area contributed by atoms with Crippen molar-refractivity contribution >= 4 is 5.91 Å². The fourth-order valence-electron chi connectivity index (χ4n) is 1.09. The zero-order valence-corrected chi connectivity index (χ0v) is 9.21. The average Bonchev–Trinajstić information content (AvgIpc) is 2.36. The van der Waals surface area contributed by atoms with Gasteiger partial charge in [-0.3, -0.25) is 4.79 Å². The molecule has 16 heavy (non-hydrogen) atoms. The van der Waals surface area contributed by atoms with Crippen molar-refractivity contribution in [2.45, 2.75) is 13.0 Å². The summed E-state index contributed by atoms with van der Waals surface area (Å²) in [5.41, 5.74) is 0.677. The third-order valence-electron chi connectivity index (χ3n) is 2.36. The Labute approximate surface area is 93.9 Å². The number of aliphatic hydroxyl groups is 1. The molecule has 1 heterocycles. The van der Waals surface area contributed by atoms with Gasteiger partial charge in [-0.15, -0.1) is 0 Å². The molecule has 0 radical (unpaired) electrons. The average molecular weight is 219 g/mol. The number of carbonyl (C=O) groups is 1. The van der Waals surface area contributed by atoms with Gasteiger partial charge in [0.25, 0.3) is 5.91 Å². The molecule has 84 valence electrons. The summed E-state index contributed by atoms with van der Waals surface area (Å²) < 4.78 is 0. The van der Waals surface area contributed by atoms with E-state index < -0.39 is 0 Å². The Morgan fingerprint density at radius 1 is 1.69 bits per heavy atom. The smallest absolute Gasteiger partial charge is 0.272 e. The van der Waals surface area contributed by atoms with E-state index in [0.717, 1.165) is 0 Å². The van der Waals surface area contributed by atoms with Gasteiger partial charge in [-0.2, -0.15) is 5.26 Å². The van der Waals surface area contributed by atoms with E-state index in [1.165, 1.54) is 23.2 Å². The van der Waals surface area contributed by atoms with Crippen LogP contribution in [0.15, 0.2) is 18.3 Å². The van der Waals surface area contributed by atoms with E-state index in [-0.39, 0.29) is 24.2 Å². The van der Waals surface area contributed by atoms with Gasteiger partial charge in [0, 0.05) is 13.2 Å². The summed E-state index contributed by atoms with van der Waals surface area (Å²) >= 11 is 0. The van der Waals surface area contributed by atoms with Crippen molar-refractivity contribution in [3.05, 3.63) is 29.6 Å². The van der Waals surface area contributed by atoms with Crippen LogP contribution in [0.1, 0.15) is 23.0 Å². The van der Waals surface area contributed by atoms with Crippen molar-refractivity contribution in [3.8, 4) is 6.07 Å². The highest BCUT2D eigenvalue weighted by atomic mass is 16.3. The Morgan fingerprint density at radius 3 is 2.81 bits per heavy atom. The van der Waals surface area contributed by atoms with Crippen LogP contribution in [0.4, 0.5) is 0 Å². The Hall–Kier alpha value is -1.93. The molecule has 0 bridgehead atoms. The number of likely N-dealkylation sites (N-methyl/N-ethyl adjacent to an activating group) is 1. The number of hydrogen-bond acceptors (Lipinski definition) is 4. The zero-order chi connectivity index (χ0) is 12.1. The molecule has 1 aromatic heterocycles. The summed E-state index contributed by atoms with van der Waals surface area (Å²) in [5.74, 6) is -0.272. The van der Waals surface area contributed by atoms with Crippen LogP contribution in [0.5, 0.6) is 0 Å². The van der Waals surface area contributed by atoms with Crippen molar-refractivity contribution in [3.63, 3.8) is 0 Å². The highest BCUT2D eigenvalue weighted by Gasteiger charge is 2.17. The number of aliphatic hydroxyl groups excluding tert-OH is 1. The van der Waals surface area contributed by atoms with Gasteiger partial charge >= 0.3 is 0 Å². The number of carbonyl (C=O) groups excluding carboxylic acids is 1. The second-order valence-corrected chi connectivity index (χ2v) is 3.49. The topological polar surface area (TPSA) is 77.2 Å².